The number of carboxylic acid groups (broad SMARTS) is 1. The van der Waals surface area contributed by atoms with Crippen molar-refractivity contribution in [2.24, 2.45) is 5.92 Å². The van der Waals surface area contributed by atoms with Crippen LogP contribution >= 0.6 is 0 Å². The van der Waals surface area contributed by atoms with Gasteiger partial charge in [-0.1, -0.05) is 19.1 Å². The van der Waals surface area contributed by atoms with Crippen molar-refractivity contribution in [1.82, 2.24) is 5.32 Å². The van der Waals surface area contributed by atoms with E-state index in [9.17, 15) is 24.6 Å². The molecule has 1 aromatic carbocycles. The second kappa shape index (κ2) is 8.77. The molecule has 7 heteroatoms. The maximum Gasteiger partial charge on any atom is 0.326 e. The van der Waals surface area contributed by atoms with Crippen molar-refractivity contribution in [3.63, 3.8) is 0 Å². The van der Waals surface area contributed by atoms with Gasteiger partial charge >= 0.3 is 11.9 Å². The largest absolute Gasteiger partial charge is 0.508 e. The zero-order valence-electron chi connectivity index (χ0n) is 13.1. The summed E-state index contributed by atoms with van der Waals surface area (Å²) < 4.78 is 4.50. The van der Waals surface area contributed by atoms with Crippen LogP contribution in [0.25, 0.3) is 0 Å². The fourth-order valence-electron chi connectivity index (χ4n) is 1.95. The molecule has 0 bridgehead atoms. The maximum atomic E-state index is 12.0. The van der Waals surface area contributed by atoms with Crippen molar-refractivity contribution < 1.29 is 29.3 Å². The molecule has 0 fully saturated rings. The predicted octanol–water partition coefficient (Wildman–Crippen LogP) is 1.09. The SMILES string of the molecule is COC(=O)CCC(C)C(=O)N[C@@H](Cc1ccc(O)cc1)C(=O)O. The molecular weight excluding hydrogens is 302 g/mol. The smallest absolute Gasteiger partial charge is 0.326 e. The minimum atomic E-state index is -1.15. The number of rotatable bonds is 8. The van der Waals surface area contributed by atoms with E-state index in [2.05, 4.69) is 10.1 Å². The molecule has 0 heterocycles. The summed E-state index contributed by atoms with van der Waals surface area (Å²) in [6, 6.07) is 5.02. The van der Waals surface area contributed by atoms with Gasteiger partial charge in [0.1, 0.15) is 11.8 Å². The van der Waals surface area contributed by atoms with Gasteiger partial charge in [0.15, 0.2) is 0 Å². The Morgan fingerprint density at radius 2 is 1.83 bits per heavy atom. The Labute approximate surface area is 134 Å². The van der Waals surface area contributed by atoms with Crippen LogP contribution in [-0.2, 0) is 25.5 Å². The first kappa shape index (κ1) is 18.5. The normalized spacial score (nSPS) is 13.0. The molecule has 0 aromatic heterocycles. The third-order valence-corrected chi connectivity index (χ3v) is 3.45. The Morgan fingerprint density at radius 1 is 1.22 bits per heavy atom. The van der Waals surface area contributed by atoms with Crippen molar-refractivity contribution in [2.45, 2.75) is 32.2 Å². The first-order chi connectivity index (χ1) is 10.8. The average Bonchev–Trinajstić information content (AvgIpc) is 2.53. The van der Waals surface area contributed by atoms with E-state index in [-0.39, 0.29) is 25.0 Å². The third kappa shape index (κ3) is 6.37. The third-order valence-electron chi connectivity index (χ3n) is 3.45. The number of aliphatic carboxylic acids is 1. The molecule has 7 nitrogen and oxygen atoms in total. The van der Waals surface area contributed by atoms with Gasteiger partial charge in [0.05, 0.1) is 7.11 Å². The van der Waals surface area contributed by atoms with E-state index >= 15 is 0 Å². The van der Waals surface area contributed by atoms with Crippen molar-refractivity contribution in [3.8, 4) is 5.75 Å². The Bertz CT molecular complexity index is 554. The lowest BCUT2D eigenvalue weighted by Gasteiger charge is -2.18. The molecule has 1 rings (SSSR count). The van der Waals surface area contributed by atoms with Gasteiger partial charge in [-0.15, -0.1) is 0 Å². The van der Waals surface area contributed by atoms with E-state index in [1.54, 1.807) is 19.1 Å². The number of nitrogens with one attached hydrogen (secondary N) is 1. The van der Waals surface area contributed by atoms with E-state index < -0.39 is 29.8 Å². The number of amides is 1. The molecule has 126 valence electrons. The van der Waals surface area contributed by atoms with Gasteiger partial charge < -0.3 is 20.3 Å². The molecule has 0 aliphatic carbocycles. The number of carbonyl (C=O) groups is 3. The predicted molar refractivity (Wildman–Crippen MR) is 81.8 cm³/mol. The second-order valence-corrected chi connectivity index (χ2v) is 5.29. The van der Waals surface area contributed by atoms with Crippen LogP contribution in [0, 0.1) is 5.92 Å². The van der Waals surface area contributed by atoms with Crippen molar-refractivity contribution in [2.75, 3.05) is 7.11 Å². The Hall–Kier alpha value is -2.57. The summed E-state index contributed by atoms with van der Waals surface area (Å²) in [4.78, 5) is 34.4. The molecule has 0 spiro atoms. The highest BCUT2D eigenvalue weighted by atomic mass is 16.5. The summed E-state index contributed by atoms with van der Waals surface area (Å²) in [7, 11) is 1.27. The van der Waals surface area contributed by atoms with E-state index in [0.29, 0.717) is 5.56 Å². The van der Waals surface area contributed by atoms with Crippen LogP contribution in [0.3, 0.4) is 0 Å². The number of phenols is 1. The Morgan fingerprint density at radius 3 is 2.35 bits per heavy atom. The molecule has 2 atom stereocenters. The highest BCUT2D eigenvalue weighted by molar-refractivity contribution is 5.85. The number of carboxylic acids is 1. The monoisotopic (exact) mass is 323 g/mol. The van der Waals surface area contributed by atoms with Crippen LogP contribution in [-0.4, -0.2) is 41.2 Å². The quantitative estimate of drug-likeness (QED) is 0.617. The summed E-state index contributed by atoms with van der Waals surface area (Å²) in [6.07, 6.45) is 0.482. The van der Waals surface area contributed by atoms with Crippen molar-refractivity contribution in [1.29, 1.82) is 0 Å². The summed E-state index contributed by atoms with van der Waals surface area (Å²) in [6.45, 7) is 1.62. The zero-order valence-corrected chi connectivity index (χ0v) is 13.1. The standard InChI is InChI=1S/C16H21NO6/c1-10(3-8-14(19)23-2)15(20)17-13(16(21)22)9-11-4-6-12(18)7-5-11/h4-7,10,13,18H,3,8-9H2,1-2H3,(H,17,20)(H,21,22)/t10?,13-/m0/s1. The molecule has 3 N–H and O–H groups in total. The van der Waals surface area contributed by atoms with Crippen LogP contribution < -0.4 is 5.32 Å². The Kier molecular flexibility index (Phi) is 7.05. The van der Waals surface area contributed by atoms with E-state index in [4.69, 9.17) is 0 Å². The first-order valence-corrected chi connectivity index (χ1v) is 7.21. The lowest BCUT2D eigenvalue weighted by molar-refractivity contribution is -0.143. The molecule has 1 amide bonds. The van der Waals surface area contributed by atoms with Crippen LogP contribution in [0.15, 0.2) is 24.3 Å². The number of hydrogen-bond donors (Lipinski definition) is 3. The van der Waals surface area contributed by atoms with E-state index in [0.717, 1.165) is 0 Å². The topological polar surface area (TPSA) is 113 Å². The van der Waals surface area contributed by atoms with Crippen LogP contribution in [0.1, 0.15) is 25.3 Å². The zero-order chi connectivity index (χ0) is 17.4. The fourth-order valence-corrected chi connectivity index (χ4v) is 1.95. The van der Waals surface area contributed by atoms with E-state index in [1.165, 1.54) is 19.2 Å². The fraction of sp³-hybridized carbons (Fsp3) is 0.438. The molecule has 23 heavy (non-hydrogen) atoms. The van der Waals surface area contributed by atoms with Crippen molar-refractivity contribution in [3.05, 3.63) is 29.8 Å². The lowest BCUT2D eigenvalue weighted by Crippen LogP contribution is -2.44. The summed E-state index contributed by atoms with van der Waals surface area (Å²) in [5.41, 5.74) is 0.678. The molecule has 0 saturated carbocycles. The van der Waals surface area contributed by atoms with Gasteiger partial charge in [-0.2, -0.15) is 0 Å². The maximum absolute atomic E-state index is 12.0. The van der Waals surface area contributed by atoms with Gasteiger partial charge in [-0.3, -0.25) is 9.59 Å². The highest BCUT2D eigenvalue weighted by Gasteiger charge is 2.23. The molecule has 1 aromatic rings. The van der Waals surface area contributed by atoms with E-state index in [1.807, 2.05) is 0 Å². The number of hydrogen-bond acceptors (Lipinski definition) is 5. The second-order valence-electron chi connectivity index (χ2n) is 5.29. The number of benzene rings is 1. The van der Waals surface area contributed by atoms with Gasteiger partial charge in [-0.25, -0.2) is 4.79 Å². The van der Waals surface area contributed by atoms with Gasteiger partial charge in [0.2, 0.25) is 5.91 Å². The highest BCUT2D eigenvalue weighted by Crippen LogP contribution is 2.12. The number of phenolic OH excluding ortho intramolecular Hbond substituents is 1. The molecular formula is C16H21NO6. The summed E-state index contributed by atoms with van der Waals surface area (Å²) in [5.74, 6) is -2.41. The minimum Gasteiger partial charge on any atom is -0.508 e. The lowest BCUT2D eigenvalue weighted by atomic mass is 10.0. The van der Waals surface area contributed by atoms with Crippen LogP contribution in [0.2, 0.25) is 0 Å². The van der Waals surface area contributed by atoms with Gasteiger partial charge in [0.25, 0.3) is 0 Å². The molecule has 1 unspecified atom stereocenters. The average molecular weight is 323 g/mol. The number of ether oxygens (including phenoxy) is 1. The number of methoxy groups -OCH3 is 1. The number of aromatic hydroxyl groups is 1. The van der Waals surface area contributed by atoms with Gasteiger partial charge in [0, 0.05) is 18.8 Å². The van der Waals surface area contributed by atoms with Crippen molar-refractivity contribution >= 4 is 17.8 Å². The first-order valence-electron chi connectivity index (χ1n) is 7.21. The molecule has 0 saturated heterocycles. The number of esters is 1. The number of carbonyl (C=O) groups excluding carboxylic acids is 2. The molecule has 0 radical (unpaired) electrons. The molecule has 0 aliphatic rings. The summed E-state index contributed by atoms with van der Waals surface area (Å²) >= 11 is 0. The van der Waals surface area contributed by atoms with Crippen LogP contribution in [0.5, 0.6) is 5.75 Å². The van der Waals surface area contributed by atoms with Gasteiger partial charge in [-0.05, 0) is 24.1 Å². The summed E-state index contributed by atoms with van der Waals surface area (Å²) in [5, 5.41) is 20.9. The van der Waals surface area contributed by atoms with Crippen LogP contribution in [0.4, 0.5) is 0 Å². The minimum absolute atomic E-state index is 0.0843. The molecule has 0 aliphatic heterocycles. The Balaban J connectivity index is 2.61.